The highest BCUT2D eigenvalue weighted by Gasteiger charge is 2.13. The summed E-state index contributed by atoms with van der Waals surface area (Å²) < 4.78 is 5.24. The molecule has 0 unspecified atom stereocenters. The van der Waals surface area contributed by atoms with Gasteiger partial charge in [0.15, 0.2) is 5.82 Å². The molecule has 6 heteroatoms. The van der Waals surface area contributed by atoms with Gasteiger partial charge < -0.3 is 10.3 Å². The van der Waals surface area contributed by atoms with E-state index in [1.165, 1.54) is 0 Å². The lowest BCUT2D eigenvalue weighted by atomic mass is 10.2. The highest BCUT2D eigenvalue weighted by Crippen LogP contribution is 2.30. The van der Waals surface area contributed by atoms with Crippen molar-refractivity contribution in [3.05, 3.63) is 59.1 Å². The van der Waals surface area contributed by atoms with Gasteiger partial charge in [0.25, 0.3) is 5.89 Å². The molecule has 1 aromatic carbocycles. The summed E-state index contributed by atoms with van der Waals surface area (Å²) in [6.45, 7) is 0. The van der Waals surface area contributed by atoms with E-state index in [0.717, 1.165) is 5.56 Å². The maximum Gasteiger partial charge on any atom is 0.260 e. The number of nitrogens with zero attached hydrogens (tertiary/aromatic N) is 3. The molecule has 2 N–H and O–H groups in total. The van der Waals surface area contributed by atoms with Crippen molar-refractivity contribution >= 4 is 17.3 Å². The standard InChI is InChI=1S/C14H11ClN4O/c15-11-5-1-4-10(13(11)16)14-18-12(19-20-14)7-9-3-2-6-17-8-9/h1-6,8H,7,16H2. The van der Waals surface area contributed by atoms with Crippen LogP contribution in [-0.4, -0.2) is 15.1 Å². The molecule has 0 aliphatic heterocycles. The maximum atomic E-state index is 5.98. The average Bonchev–Trinajstić information content (AvgIpc) is 2.91. The Balaban J connectivity index is 1.89. The highest BCUT2D eigenvalue weighted by molar-refractivity contribution is 6.33. The third-order valence-corrected chi connectivity index (χ3v) is 3.17. The van der Waals surface area contributed by atoms with Crippen LogP contribution in [0.5, 0.6) is 0 Å². The van der Waals surface area contributed by atoms with E-state index in [0.29, 0.717) is 34.4 Å². The average molecular weight is 287 g/mol. The lowest BCUT2D eigenvalue weighted by Crippen LogP contribution is -1.93. The lowest BCUT2D eigenvalue weighted by Gasteiger charge is -2.01. The van der Waals surface area contributed by atoms with Gasteiger partial charge in [0.1, 0.15) is 0 Å². The number of hydrogen-bond acceptors (Lipinski definition) is 5. The quantitative estimate of drug-likeness (QED) is 0.749. The first kappa shape index (κ1) is 12.6. The molecule has 0 saturated heterocycles. The molecule has 0 aliphatic rings. The molecular formula is C14H11ClN4O. The van der Waals surface area contributed by atoms with E-state index in [2.05, 4.69) is 15.1 Å². The number of nitrogens with two attached hydrogens (primary N) is 1. The molecule has 3 rings (SSSR count). The van der Waals surface area contributed by atoms with Crippen molar-refractivity contribution in [3.63, 3.8) is 0 Å². The van der Waals surface area contributed by atoms with Crippen molar-refractivity contribution < 1.29 is 4.52 Å². The molecule has 2 aromatic heterocycles. The Morgan fingerprint density at radius 3 is 2.90 bits per heavy atom. The molecule has 2 heterocycles. The summed E-state index contributed by atoms with van der Waals surface area (Å²) in [6.07, 6.45) is 4.04. The SMILES string of the molecule is Nc1c(Cl)cccc1-c1nc(Cc2cccnc2)no1. The fraction of sp³-hybridized carbons (Fsp3) is 0.0714. The summed E-state index contributed by atoms with van der Waals surface area (Å²) in [5, 5.41) is 4.41. The van der Waals surface area contributed by atoms with E-state index in [9.17, 15) is 0 Å². The predicted molar refractivity (Wildman–Crippen MR) is 76.2 cm³/mol. The molecule has 0 atom stereocenters. The first-order valence-corrected chi connectivity index (χ1v) is 6.37. The Bertz CT molecular complexity index is 727. The van der Waals surface area contributed by atoms with Gasteiger partial charge in [0, 0.05) is 18.8 Å². The number of para-hydroxylation sites is 1. The largest absolute Gasteiger partial charge is 0.397 e. The van der Waals surface area contributed by atoms with Gasteiger partial charge in [0.2, 0.25) is 0 Å². The maximum absolute atomic E-state index is 5.98. The fourth-order valence-electron chi connectivity index (χ4n) is 1.84. The minimum absolute atomic E-state index is 0.365. The van der Waals surface area contributed by atoms with Crippen molar-refractivity contribution in [2.75, 3.05) is 5.73 Å². The number of anilines is 1. The van der Waals surface area contributed by atoms with E-state index in [4.69, 9.17) is 21.9 Å². The molecule has 0 fully saturated rings. The van der Waals surface area contributed by atoms with Crippen LogP contribution in [0.25, 0.3) is 11.5 Å². The summed E-state index contributed by atoms with van der Waals surface area (Å²) in [5.74, 6) is 0.941. The number of halogens is 1. The molecule has 0 spiro atoms. The van der Waals surface area contributed by atoms with Crippen molar-refractivity contribution in [3.8, 4) is 11.5 Å². The van der Waals surface area contributed by atoms with Gasteiger partial charge in [-0.2, -0.15) is 4.98 Å². The highest BCUT2D eigenvalue weighted by atomic mass is 35.5. The second-order valence-electron chi connectivity index (χ2n) is 4.25. The Morgan fingerprint density at radius 2 is 2.10 bits per heavy atom. The van der Waals surface area contributed by atoms with Crippen molar-refractivity contribution in [1.82, 2.24) is 15.1 Å². The number of benzene rings is 1. The van der Waals surface area contributed by atoms with Gasteiger partial charge >= 0.3 is 0 Å². The van der Waals surface area contributed by atoms with Crippen LogP contribution in [0.3, 0.4) is 0 Å². The minimum Gasteiger partial charge on any atom is -0.397 e. The van der Waals surface area contributed by atoms with Crippen LogP contribution in [-0.2, 0) is 6.42 Å². The summed E-state index contributed by atoms with van der Waals surface area (Å²) in [7, 11) is 0. The number of pyridine rings is 1. The number of aromatic nitrogens is 3. The third kappa shape index (κ3) is 2.48. The van der Waals surface area contributed by atoms with Gasteiger partial charge in [-0.1, -0.05) is 28.9 Å². The summed E-state index contributed by atoms with van der Waals surface area (Å²) in [6, 6.07) is 9.12. The molecule has 0 radical (unpaired) electrons. The number of hydrogen-bond donors (Lipinski definition) is 1. The monoisotopic (exact) mass is 286 g/mol. The Labute approximate surface area is 120 Å². The molecule has 5 nitrogen and oxygen atoms in total. The van der Waals surface area contributed by atoms with Crippen LogP contribution in [0.4, 0.5) is 5.69 Å². The number of nitrogen functional groups attached to an aromatic ring is 1. The fourth-order valence-corrected chi connectivity index (χ4v) is 2.02. The van der Waals surface area contributed by atoms with Gasteiger partial charge in [0.05, 0.1) is 16.3 Å². The molecule has 0 aliphatic carbocycles. The Kier molecular flexibility index (Phi) is 3.35. The first-order valence-electron chi connectivity index (χ1n) is 6.00. The molecular weight excluding hydrogens is 276 g/mol. The molecule has 0 amide bonds. The van der Waals surface area contributed by atoms with E-state index in [1.807, 2.05) is 12.1 Å². The topological polar surface area (TPSA) is 77.8 Å². The van der Waals surface area contributed by atoms with Crippen molar-refractivity contribution in [1.29, 1.82) is 0 Å². The normalized spacial score (nSPS) is 10.7. The summed E-state index contributed by atoms with van der Waals surface area (Å²) in [4.78, 5) is 8.38. The Hall–Kier alpha value is -2.40. The smallest absolute Gasteiger partial charge is 0.260 e. The van der Waals surface area contributed by atoms with Crippen LogP contribution in [0.2, 0.25) is 5.02 Å². The second kappa shape index (κ2) is 5.30. The zero-order chi connectivity index (χ0) is 13.9. The summed E-state index contributed by atoms with van der Waals surface area (Å²) >= 11 is 5.98. The second-order valence-corrected chi connectivity index (χ2v) is 4.66. The van der Waals surface area contributed by atoms with Crippen LogP contribution in [0.15, 0.2) is 47.2 Å². The van der Waals surface area contributed by atoms with Crippen molar-refractivity contribution in [2.45, 2.75) is 6.42 Å². The first-order chi connectivity index (χ1) is 9.74. The number of rotatable bonds is 3. The van der Waals surface area contributed by atoms with Gasteiger partial charge in [-0.15, -0.1) is 0 Å². The molecule has 20 heavy (non-hydrogen) atoms. The predicted octanol–water partition coefficient (Wildman–Crippen LogP) is 2.96. The van der Waals surface area contributed by atoms with Gasteiger partial charge in [-0.3, -0.25) is 4.98 Å². The lowest BCUT2D eigenvalue weighted by molar-refractivity contribution is 0.424. The van der Waals surface area contributed by atoms with Crippen LogP contribution < -0.4 is 5.73 Å². The summed E-state index contributed by atoms with van der Waals surface area (Å²) in [5.41, 5.74) is 8.00. The van der Waals surface area contributed by atoms with Crippen molar-refractivity contribution in [2.24, 2.45) is 0 Å². The molecule has 0 saturated carbocycles. The van der Waals surface area contributed by atoms with E-state index >= 15 is 0 Å². The zero-order valence-corrected chi connectivity index (χ0v) is 11.2. The minimum atomic E-state index is 0.365. The molecule has 0 bridgehead atoms. The van der Waals surface area contributed by atoms with Crippen LogP contribution in [0, 0.1) is 0 Å². The van der Waals surface area contributed by atoms with E-state index in [-0.39, 0.29) is 0 Å². The van der Waals surface area contributed by atoms with Gasteiger partial charge in [-0.05, 0) is 23.8 Å². The zero-order valence-electron chi connectivity index (χ0n) is 10.5. The third-order valence-electron chi connectivity index (χ3n) is 2.84. The van der Waals surface area contributed by atoms with E-state index in [1.54, 1.807) is 30.6 Å². The van der Waals surface area contributed by atoms with Gasteiger partial charge in [-0.25, -0.2) is 0 Å². The molecule has 3 aromatic rings. The van der Waals surface area contributed by atoms with E-state index < -0.39 is 0 Å². The Morgan fingerprint density at radius 1 is 1.20 bits per heavy atom. The van der Waals surface area contributed by atoms with Crippen LogP contribution >= 0.6 is 11.6 Å². The molecule has 100 valence electrons. The van der Waals surface area contributed by atoms with Crippen LogP contribution in [0.1, 0.15) is 11.4 Å².